The summed E-state index contributed by atoms with van der Waals surface area (Å²) in [4.78, 5) is 36.4. The molecular formula is C20H26N4O2. The van der Waals surface area contributed by atoms with Gasteiger partial charge in [0.25, 0.3) is 5.56 Å². The molecule has 1 N–H and O–H groups in total. The number of benzene rings is 1. The number of para-hydroxylation sites is 1. The first-order valence-corrected chi connectivity index (χ1v) is 9.25. The van der Waals surface area contributed by atoms with Crippen molar-refractivity contribution < 1.29 is 4.79 Å². The van der Waals surface area contributed by atoms with Crippen LogP contribution in [-0.2, 0) is 17.6 Å². The summed E-state index contributed by atoms with van der Waals surface area (Å²) in [6.45, 7) is 6.87. The third-order valence-electron chi connectivity index (χ3n) is 4.90. The van der Waals surface area contributed by atoms with Crippen molar-refractivity contribution in [3.8, 4) is 0 Å². The van der Waals surface area contributed by atoms with E-state index in [1.54, 1.807) is 6.92 Å². The summed E-state index contributed by atoms with van der Waals surface area (Å²) in [7, 11) is 0. The number of H-pyrrole nitrogens is 1. The number of hydrogen-bond donors (Lipinski definition) is 1. The molecule has 1 saturated heterocycles. The number of carbonyl (C=O) groups excluding carboxylic acids is 1. The second-order valence-corrected chi connectivity index (χ2v) is 6.66. The molecule has 26 heavy (non-hydrogen) atoms. The molecule has 1 aromatic heterocycles. The Morgan fingerprint density at radius 2 is 1.92 bits per heavy atom. The smallest absolute Gasteiger partial charge is 0.254 e. The molecule has 0 aliphatic carbocycles. The molecule has 6 heteroatoms. The van der Waals surface area contributed by atoms with Gasteiger partial charge in [-0.1, -0.05) is 25.1 Å². The van der Waals surface area contributed by atoms with Crippen LogP contribution < -0.4 is 10.5 Å². The van der Waals surface area contributed by atoms with Crippen LogP contribution in [0.3, 0.4) is 0 Å². The Kier molecular flexibility index (Phi) is 5.71. The van der Waals surface area contributed by atoms with E-state index in [9.17, 15) is 9.59 Å². The Labute approximate surface area is 153 Å². The second kappa shape index (κ2) is 8.17. The summed E-state index contributed by atoms with van der Waals surface area (Å²) in [5, 5.41) is 0. The Morgan fingerprint density at radius 3 is 2.62 bits per heavy atom. The first-order valence-electron chi connectivity index (χ1n) is 9.25. The Morgan fingerprint density at radius 1 is 1.15 bits per heavy atom. The molecule has 2 heterocycles. The van der Waals surface area contributed by atoms with Gasteiger partial charge in [-0.2, -0.15) is 0 Å². The molecule has 0 unspecified atom stereocenters. The molecule has 6 nitrogen and oxygen atoms in total. The lowest BCUT2D eigenvalue weighted by Crippen LogP contribution is -2.37. The standard InChI is InChI=1S/C20H26N4O2/c1-3-18-21-15(2)17(20(26)22-18)14-19(25)24-11-7-10-23(12-13-24)16-8-5-4-6-9-16/h4-6,8-9H,3,7,10-14H2,1-2H3,(H,21,22,26). The molecule has 1 aromatic carbocycles. The lowest BCUT2D eigenvalue weighted by atomic mass is 10.1. The number of aromatic amines is 1. The zero-order chi connectivity index (χ0) is 18.5. The minimum absolute atomic E-state index is 0.000407. The quantitative estimate of drug-likeness (QED) is 0.911. The van der Waals surface area contributed by atoms with Crippen molar-refractivity contribution in [1.82, 2.24) is 14.9 Å². The fraction of sp³-hybridized carbons (Fsp3) is 0.450. The van der Waals surface area contributed by atoms with Gasteiger partial charge in [-0.15, -0.1) is 0 Å². The van der Waals surface area contributed by atoms with Crippen molar-refractivity contribution in [3.05, 3.63) is 57.8 Å². The van der Waals surface area contributed by atoms with Crippen LogP contribution in [0.25, 0.3) is 0 Å². The first kappa shape index (κ1) is 18.2. The zero-order valence-corrected chi connectivity index (χ0v) is 15.5. The van der Waals surface area contributed by atoms with Crippen LogP contribution in [0.15, 0.2) is 35.1 Å². The number of anilines is 1. The highest BCUT2D eigenvalue weighted by molar-refractivity contribution is 5.79. The third kappa shape index (κ3) is 4.12. The molecule has 1 aliphatic rings. The van der Waals surface area contributed by atoms with E-state index in [-0.39, 0.29) is 17.9 Å². The third-order valence-corrected chi connectivity index (χ3v) is 4.90. The number of amides is 1. The lowest BCUT2D eigenvalue weighted by molar-refractivity contribution is -0.130. The van der Waals surface area contributed by atoms with Gasteiger partial charge in [0, 0.05) is 49.5 Å². The predicted octanol–water partition coefficient (Wildman–Crippen LogP) is 1.92. The summed E-state index contributed by atoms with van der Waals surface area (Å²) in [6.07, 6.45) is 1.71. The van der Waals surface area contributed by atoms with Crippen molar-refractivity contribution in [2.24, 2.45) is 0 Å². The van der Waals surface area contributed by atoms with Crippen molar-refractivity contribution in [1.29, 1.82) is 0 Å². The molecule has 0 radical (unpaired) electrons. The van der Waals surface area contributed by atoms with E-state index < -0.39 is 0 Å². The van der Waals surface area contributed by atoms with Crippen molar-refractivity contribution in [2.75, 3.05) is 31.1 Å². The van der Waals surface area contributed by atoms with Gasteiger partial charge < -0.3 is 14.8 Å². The van der Waals surface area contributed by atoms with Crippen LogP contribution >= 0.6 is 0 Å². The number of rotatable bonds is 4. The first-order chi connectivity index (χ1) is 12.6. The Hall–Kier alpha value is -2.63. The van der Waals surface area contributed by atoms with Gasteiger partial charge in [0.2, 0.25) is 5.91 Å². The van der Waals surface area contributed by atoms with Crippen molar-refractivity contribution in [3.63, 3.8) is 0 Å². The van der Waals surface area contributed by atoms with Crippen molar-refractivity contribution in [2.45, 2.75) is 33.1 Å². The number of hydrogen-bond acceptors (Lipinski definition) is 4. The fourth-order valence-corrected chi connectivity index (χ4v) is 3.37. The highest BCUT2D eigenvalue weighted by Crippen LogP contribution is 2.16. The molecule has 1 fully saturated rings. The van der Waals surface area contributed by atoms with E-state index in [2.05, 4.69) is 27.0 Å². The summed E-state index contributed by atoms with van der Waals surface area (Å²) >= 11 is 0. The van der Waals surface area contributed by atoms with E-state index in [0.29, 0.717) is 30.0 Å². The summed E-state index contributed by atoms with van der Waals surface area (Å²) in [5.74, 6) is 0.663. The molecule has 0 bridgehead atoms. The van der Waals surface area contributed by atoms with Crippen LogP contribution in [0.5, 0.6) is 0 Å². The monoisotopic (exact) mass is 354 g/mol. The van der Waals surface area contributed by atoms with Crippen LogP contribution in [0.1, 0.15) is 30.4 Å². The normalized spacial score (nSPS) is 15.0. The molecule has 1 amide bonds. The van der Waals surface area contributed by atoms with Crippen LogP contribution in [0.2, 0.25) is 0 Å². The predicted molar refractivity (Wildman–Crippen MR) is 103 cm³/mol. The highest BCUT2D eigenvalue weighted by atomic mass is 16.2. The molecule has 138 valence electrons. The maximum Gasteiger partial charge on any atom is 0.254 e. The molecule has 2 aromatic rings. The molecule has 0 saturated carbocycles. The maximum absolute atomic E-state index is 12.7. The van der Waals surface area contributed by atoms with E-state index in [1.165, 1.54) is 5.69 Å². The van der Waals surface area contributed by atoms with Gasteiger partial charge in [-0.05, 0) is 25.5 Å². The minimum atomic E-state index is -0.191. The number of aryl methyl sites for hydroxylation is 2. The van der Waals surface area contributed by atoms with Gasteiger partial charge in [0.1, 0.15) is 5.82 Å². The average Bonchev–Trinajstić information content (AvgIpc) is 2.91. The van der Waals surface area contributed by atoms with Gasteiger partial charge in [-0.25, -0.2) is 4.98 Å². The molecular weight excluding hydrogens is 328 g/mol. The van der Waals surface area contributed by atoms with E-state index >= 15 is 0 Å². The number of carbonyl (C=O) groups is 1. The van der Waals surface area contributed by atoms with Crippen molar-refractivity contribution >= 4 is 11.6 Å². The Bertz CT molecular complexity index is 816. The molecule has 0 atom stereocenters. The van der Waals surface area contributed by atoms with Gasteiger partial charge in [-0.3, -0.25) is 9.59 Å². The SMILES string of the molecule is CCc1nc(C)c(CC(=O)N2CCCN(c3ccccc3)CC2)c(=O)[nH]1. The van der Waals surface area contributed by atoms with Crippen LogP contribution in [0, 0.1) is 6.92 Å². The van der Waals surface area contributed by atoms with E-state index in [1.807, 2.05) is 30.0 Å². The highest BCUT2D eigenvalue weighted by Gasteiger charge is 2.21. The number of aromatic nitrogens is 2. The van der Waals surface area contributed by atoms with E-state index in [0.717, 1.165) is 26.1 Å². The number of nitrogens with zero attached hydrogens (tertiary/aromatic N) is 3. The van der Waals surface area contributed by atoms with Crippen LogP contribution in [-0.4, -0.2) is 47.0 Å². The topological polar surface area (TPSA) is 69.3 Å². The largest absolute Gasteiger partial charge is 0.370 e. The zero-order valence-electron chi connectivity index (χ0n) is 15.5. The summed E-state index contributed by atoms with van der Waals surface area (Å²) < 4.78 is 0. The number of nitrogens with one attached hydrogen (secondary N) is 1. The molecule has 3 rings (SSSR count). The molecule has 1 aliphatic heterocycles. The second-order valence-electron chi connectivity index (χ2n) is 6.66. The van der Waals surface area contributed by atoms with E-state index in [4.69, 9.17) is 0 Å². The molecule has 0 spiro atoms. The fourth-order valence-electron chi connectivity index (χ4n) is 3.37. The maximum atomic E-state index is 12.7. The van der Waals surface area contributed by atoms with Crippen LogP contribution in [0.4, 0.5) is 5.69 Å². The van der Waals surface area contributed by atoms with Gasteiger partial charge in [0.15, 0.2) is 0 Å². The lowest BCUT2D eigenvalue weighted by Gasteiger charge is -2.23. The summed E-state index contributed by atoms with van der Waals surface area (Å²) in [6, 6.07) is 10.3. The average molecular weight is 354 g/mol. The van der Waals surface area contributed by atoms with Gasteiger partial charge >= 0.3 is 0 Å². The summed E-state index contributed by atoms with van der Waals surface area (Å²) in [5.41, 5.74) is 2.13. The van der Waals surface area contributed by atoms with Gasteiger partial charge in [0.05, 0.1) is 6.42 Å². The minimum Gasteiger partial charge on any atom is -0.370 e. The Balaban J connectivity index is 1.67.